The van der Waals surface area contributed by atoms with Crippen molar-refractivity contribution in [2.75, 3.05) is 24.3 Å². The van der Waals surface area contributed by atoms with E-state index in [4.69, 9.17) is 9.47 Å². The Bertz CT molecular complexity index is 1260. The van der Waals surface area contributed by atoms with E-state index >= 15 is 0 Å². The second kappa shape index (κ2) is 9.41. The highest BCUT2D eigenvalue weighted by molar-refractivity contribution is 7.92. The van der Waals surface area contributed by atoms with Gasteiger partial charge < -0.3 is 14.8 Å². The standard InChI is InChI=1S/C22H19F3N2O5S/c1-31-19-11-8-16(13-20(19)32-2)26-21(28)14-6-9-18(10-7-14)33(29,30)27-17-5-3-4-15(12-17)22(23,24)25/h3-13,27H,1-2H3,(H,26,28). The number of hydrogen-bond donors (Lipinski definition) is 2. The molecule has 3 aromatic carbocycles. The van der Waals surface area contributed by atoms with Crippen LogP contribution in [0.1, 0.15) is 15.9 Å². The van der Waals surface area contributed by atoms with Crippen molar-refractivity contribution in [2.24, 2.45) is 0 Å². The predicted molar refractivity (Wildman–Crippen MR) is 116 cm³/mol. The van der Waals surface area contributed by atoms with Crippen molar-refractivity contribution in [2.45, 2.75) is 11.1 Å². The predicted octanol–water partition coefficient (Wildman–Crippen LogP) is 4.78. The largest absolute Gasteiger partial charge is 0.493 e. The molecule has 0 heterocycles. The van der Waals surface area contributed by atoms with Gasteiger partial charge >= 0.3 is 6.18 Å². The molecule has 0 saturated carbocycles. The molecule has 2 N–H and O–H groups in total. The van der Waals surface area contributed by atoms with Crippen LogP contribution >= 0.6 is 0 Å². The fraction of sp³-hybridized carbons (Fsp3) is 0.136. The first kappa shape index (κ1) is 23.9. The van der Waals surface area contributed by atoms with E-state index in [0.29, 0.717) is 23.3 Å². The molecule has 7 nitrogen and oxygen atoms in total. The van der Waals surface area contributed by atoms with Crippen molar-refractivity contribution in [3.05, 3.63) is 77.9 Å². The fourth-order valence-corrected chi connectivity index (χ4v) is 3.93. The molecular formula is C22H19F3N2O5S. The van der Waals surface area contributed by atoms with Gasteiger partial charge in [-0.05, 0) is 54.6 Å². The topological polar surface area (TPSA) is 93.7 Å². The number of halogens is 3. The summed E-state index contributed by atoms with van der Waals surface area (Å²) in [5.74, 6) is 0.396. The first-order valence-corrected chi connectivity index (χ1v) is 10.9. The van der Waals surface area contributed by atoms with Crippen LogP contribution in [-0.2, 0) is 16.2 Å². The summed E-state index contributed by atoms with van der Waals surface area (Å²) in [6, 6.07) is 13.6. The highest BCUT2D eigenvalue weighted by Crippen LogP contribution is 2.32. The summed E-state index contributed by atoms with van der Waals surface area (Å²) in [6.45, 7) is 0. The maximum Gasteiger partial charge on any atom is 0.416 e. The summed E-state index contributed by atoms with van der Waals surface area (Å²) in [6.07, 6.45) is -4.61. The van der Waals surface area contributed by atoms with Crippen molar-refractivity contribution >= 4 is 27.3 Å². The number of anilines is 2. The average Bonchev–Trinajstić information content (AvgIpc) is 2.78. The van der Waals surface area contributed by atoms with Crippen molar-refractivity contribution in [1.82, 2.24) is 0 Å². The smallest absolute Gasteiger partial charge is 0.416 e. The Morgan fingerprint density at radius 1 is 0.848 bits per heavy atom. The summed E-state index contributed by atoms with van der Waals surface area (Å²) in [5, 5.41) is 2.66. The number of nitrogens with one attached hydrogen (secondary N) is 2. The Morgan fingerprint density at radius 2 is 1.52 bits per heavy atom. The first-order valence-electron chi connectivity index (χ1n) is 9.37. The third-order valence-electron chi connectivity index (χ3n) is 4.51. The Labute approximate surface area is 188 Å². The van der Waals surface area contributed by atoms with Gasteiger partial charge in [-0.25, -0.2) is 8.42 Å². The summed E-state index contributed by atoms with van der Waals surface area (Å²) >= 11 is 0. The molecule has 3 aromatic rings. The molecule has 0 bridgehead atoms. The molecule has 0 aromatic heterocycles. The highest BCUT2D eigenvalue weighted by atomic mass is 32.2. The van der Waals surface area contributed by atoms with Gasteiger partial charge in [-0.3, -0.25) is 9.52 Å². The zero-order chi connectivity index (χ0) is 24.2. The number of sulfonamides is 1. The van der Waals surface area contributed by atoms with Crippen molar-refractivity contribution < 1.29 is 35.9 Å². The van der Waals surface area contributed by atoms with E-state index in [1.165, 1.54) is 44.6 Å². The molecule has 11 heteroatoms. The number of rotatable bonds is 7. The van der Waals surface area contributed by atoms with Crippen LogP contribution in [0.4, 0.5) is 24.5 Å². The minimum atomic E-state index is -4.61. The van der Waals surface area contributed by atoms with Crippen LogP contribution in [0, 0.1) is 0 Å². The molecule has 0 saturated heterocycles. The molecule has 0 atom stereocenters. The molecule has 0 aliphatic rings. The number of amides is 1. The second-order valence-electron chi connectivity index (χ2n) is 6.73. The van der Waals surface area contributed by atoms with E-state index in [1.807, 2.05) is 0 Å². The quantitative estimate of drug-likeness (QED) is 0.508. The third-order valence-corrected chi connectivity index (χ3v) is 5.91. The average molecular weight is 480 g/mol. The number of alkyl halides is 3. The van der Waals surface area contributed by atoms with Crippen LogP contribution in [-0.4, -0.2) is 28.5 Å². The normalized spacial score (nSPS) is 11.5. The van der Waals surface area contributed by atoms with Gasteiger partial charge in [0.1, 0.15) is 0 Å². The molecule has 0 fully saturated rings. The Balaban J connectivity index is 1.74. The lowest BCUT2D eigenvalue weighted by Crippen LogP contribution is -2.15. The lowest BCUT2D eigenvalue weighted by Gasteiger charge is -2.12. The second-order valence-corrected chi connectivity index (χ2v) is 8.41. The lowest BCUT2D eigenvalue weighted by atomic mass is 10.2. The lowest BCUT2D eigenvalue weighted by molar-refractivity contribution is -0.137. The van der Waals surface area contributed by atoms with Gasteiger partial charge in [0.15, 0.2) is 11.5 Å². The summed E-state index contributed by atoms with van der Waals surface area (Å²) in [5.41, 5.74) is -0.617. The molecule has 33 heavy (non-hydrogen) atoms. The Morgan fingerprint density at radius 3 is 2.12 bits per heavy atom. The number of hydrogen-bond acceptors (Lipinski definition) is 5. The third kappa shape index (κ3) is 5.75. The molecule has 0 spiro atoms. The van der Waals surface area contributed by atoms with Crippen molar-refractivity contribution in [3.8, 4) is 11.5 Å². The number of methoxy groups -OCH3 is 2. The van der Waals surface area contributed by atoms with Crippen molar-refractivity contribution in [3.63, 3.8) is 0 Å². The van der Waals surface area contributed by atoms with Gasteiger partial charge in [-0.1, -0.05) is 6.07 Å². The van der Waals surface area contributed by atoms with Crippen LogP contribution in [0.5, 0.6) is 11.5 Å². The minimum absolute atomic E-state index is 0.169. The summed E-state index contributed by atoms with van der Waals surface area (Å²) in [4.78, 5) is 12.3. The molecule has 1 amide bonds. The number of ether oxygens (including phenoxy) is 2. The zero-order valence-electron chi connectivity index (χ0n) is 17.4. The van der Waals surface area contributed by atoms with Crippen LogP contribution in [0.2, 0.25) is 0 Å². The first-order chi connectivity index (χ1) is 15.5. The SMILES string of the molecule is COc1ccc(NC(=O)c2ccc(S(=O)(=O)Nc3cccc(C(F)(F)F)c3)cc2)cc1OC. The zero-order valence-corrected chi connectivity index (χ0v) is 18.3. The van der Waals surface area contributed by atoms with Gasteiger partial charge in [-0.2, -0.15) is 13.2 Å². The van der Waals surface area contributed by atoms with Crippen molar-refractivity contribution in [1.29, 1.82) is 0 Å². The number of carbonyl (C=O) groups is 1. The van der Waals surface area contributed by atoms with E-state index < -0.39 is 27.7 Å². The maximum atomic E-state index is 12.9. The van der Waals surface area contributed by atoms with Gasteiger partial charge in [-0.15, -0.1) is 0 Å². The minimum Gasteiger partial charge on any atom is -0.493 e. The van der Waals surface area contributed by atoms with E-state index in [9.17, 15) is 26.4 Å². The van der Waals surface area contributed by atoms with Gasteiger partial charge in [0, 0.05) is 23.0 Å². The van der Waals surface area contributed by atoms with Crippen LogP contribution in [0.15, 0.2) is 71.6 Å². The summed E-state index contributed by atoms with van der Waals surface area (Å²) < 4.78 is 76.1. The van der Waals surface area contributed by atoms with Crippen LogP contribution in [0.25, 0.3) is 0 Å². The fourth-order valence-electron chi connectivity index (χ4n) is 2.88. The maximum absolute atomic E-state index is 12.9. The molecular weight excluding hydrogens is 461 g/mol. The van der Waals surface area contributed by atoms with Gasteiger partial charge in [0.25, 0.3) is 15.9 Å². The molecule has 0 unspecified atom stereocenters. The van der Waals surface area contributed by atoms with Crippen LogP contribution in [0.3, 0.4) is 0 Å². The molecule has 174 valence electrons. The van der Waals surface area contributed by atoms with Gasteiger partial charge in [0.05, 0.1) is 24.7 Å². The van der Waals surface area contributed by atoms with Gasteiger partial charge in [0.2, 0.25) is 0 Å². The molecule has 0 radical (unpaired) electrons. The van der Waals surface area contributed by atoms with Crippen LogP contribution < -0.4 is 19.5 Å². The molecule has 0 aliphatic heterocycles. The highest BCUT2D eigenvalue weighted by Gasteiger charge is 2.30. The summed E-state index contributed by atoms with van der Waals surface area (Å²) in [7, 11) is -1.24. The Hall–Kier alpha value is -3.73. The molecule has 3 rings (SSSR count). The van der Waals surface area contributed by atoms with E-state index in [-0.39, 0.29) is 16.1 Å². The number of benzene rings is 3. The number of carbonyl (C=O) groups excluding carboxylic acids is 1. The van der Waals surface area contributed by atoms with E-state index in [2.05, 4.69) is 10.0 Å². The molecule has 0 aliphatic carbocycles. The monoisotopic (exact) mass is 480 g/mol. The van der Waals surface area contributed by atoms with E-state index in [1.54, 1.807) is 18.2 Å². The Kier molecular flexibility index (Phi) is 6.82. The van der Waals surface area contributed by atoms with E-state index in [0.717, 1.165) is 12.1 Å².